The lowest BCUT2D eigenvalue weighted by molar-refractivity contribution is -0.382. The smallest absolute Gasteiger partial charge is 0.220 e. The molecule has 1 aromatic rings. The van der Waals surface area contributed by atoms with E-state index in [0.29, 0.717) is 24.0 Å². The van der Waals surface area contributed by atoms with Crippen molar-refractivity contribution in [1.29, 1.82) is 0 Å². The third-order valence-corrected chi connectivity index (χ3v) is 4.99. The van der Waals surface area contributed by atoms with Gasteiger partial charge in [-0.15, -0.1) is 0 Å². The summed E-state index contributed by atoms with van der Waals surface area (Å²) in [6.07, 6.45) is 0.880. The molecule has 1 saturated heterocycles. The van der Waals surface area contributed by atoms with Gasteiger partial charge in [-0.2, -0.15) is 5.10 Å². The van der Waals surface area contributed by atoms with Crippen molar-refractivity contribution in [2.75, 3.05) is 18.1 Å². The fourth-order valence-corrected chi connectivity index (χ4v) is 2.73. The van der Waals surface area contributed by atoms with E-state index in [4.69, 9.17) is 14.2 Å². The normalized spacial score (nSPS) is 21.9. The molecule has 126 valence electrons. The molecule has 8 heteroatoms. The van der Waals surface area contributed by atoms with Crippen molar-refractivity contribution in [1.82, 2.24) is 9.78 Å². The Morgan fingerprint density at radius 3 is 2.64 bits per heavy atom. The van der Waals surface area contributed by atoms with Crippen molar-refractivity contribution in [3.05, 3.63) is 11.8 Å². The Kier molecular flexibility index (Phi) is 5.46. The highest BCUT2D eigenvalue weighted by molar-refractivity contribution is 7.91. The summed E-state index contributed by atoms with van der Waals surface area (Å²) in [7, 11) is -3.06. The lowest BCUT2D eigenvalue weighted by Gasteiger charge is -2.33. The second kappa shape index (κ2) is 6.97. The minimum Gasteiger partial charge on any atom is -0.477 e. The zero-order chi connectivity index (χ0) is 16.3. The van der Waals surface area contributed by atoms with Crippen molar-refractivity contribution in [2.24, 2.45) is 5.92 Å². The Hall–Kier alpha value is -1.12. The highest BCUT2D eigenvalue weighted by Gasteiger charge is 2.33. The first-order valence-corrected chi connectivity index (χ1v) is 9.34. The van der Waals surface area contributed by atoms with Crippen LogP contribution in [-0.4, -0.2) is 42.6 Å². The zero-order valence-electron chi connectivity index (χ0n) is 13.5. The fraction of sp³-hybridized carbons (Fsp3) is 0.786. The van der Waals surface area contributed by atoms with Gasteiger partial charge in [0.2, 0.25) is 5.88 Å². The summed E-state index contributed by atoms with van der Waals surface area (Å²) in [5, 5.41) is 4.23. The van der Waals surface area contributed by atoms with Gasteiger partial charge in [0.25, 0.3) is 0 Å². The second-order valence-electron chi connectivity index (χ2n) is 5.74. The lowest BCUT2D eigenvalue weighted by Crippen LogP contribution is -2.31. The van der Waals surface area contributed by atoms with Crippen molar-refractivity contribution in [3.63, 3.8) is 0 Å². The van der Waals surface area contributed by atoms with Gasteiger partial charge in [0, 0.05) is 5.75 Å². The summed E-state index contributed by atoms with van der Waals surface area (Å²) in [6.45, 7) is 8.30. The minimum atomic E-state index is -3.06. The van der Waals surface area contributed by atoms with E-state index in [1.165, 1.54) is 0 Å². The quantitative estimate of drug-likeness (QED) is 0.721. The predicted molar refractivity (Wildman–Crippen MR) is 81.3 cm³/mol. The number of ether oxygens (including phenoxy) is 3. The molecular weight excluding hydrogens is 308 g/mol. The molecule has 0 spiro atoms. The molecule has 1 aliphatic heterocycles. The monoisotopic (exact) mass is 332 g/mol. The molecule has 1 fully saturated rings. The SMILES string of the molecule is CCS(=O)(=O)CCn1ncc(C2OC(C)O2)c1OCC(C)C. The standard InChI is InChI=1S/C14H24N2O5S/c1-5-22(17,18)7-6-16-13(19-9-10(2)3)12(8-15-16)14-20-11(4)21-14/h8,10-11,14H,5-7,9H2,1-4H3. The van der Waals surface area contributed by atoms with E-state index >= 15 is 0 Å². The van der Waals surface area contributed by atoms with Gasteiger partial charge in [0.1, 0.15) is 0 Å². The van der Waals surface area contributed by atoms with Crippen LogP contribution in [-0.2, 0) is 25.9 Å². The molecule has 0 bridgehead atoms. The van der Waals surface area contributed by atoms with Crippen LogP contribution in [0.4, 0.5) is 0 Å². The number of rotatable bonds is 8. The Labute approximate surface area is 131 Å². The zero-order valence-corrected chi connectivity index (χ0v) is 14.3. The molecule has 1 aromatic heterocycles. The predicted octanol–water partition coefficient (Wildman–Crippen LogP) is 1.74. The first-order chi connectivity index (χ1) is 10.3. The highest BCUT2D eigenvalue weighted by Crippen LogP contribution is 2.36. The van der Waals surface area contributed by atoms with Gasteiger partial charge in [-0.25, -0.2) is 13.1 Å². The average Bonchev–Trinajstić information content (AvgIpc) is 2.82. The van der Waals surface area contributed by atoms with Crippen LogP contribution >= 0.6 is 0 Å². The first-order valence-electron chi connectivity index (χ1n) is 7.52. The Bertz CT molecular complexity index is 590. The Morgan fingerprint density at radius 1 is 1.41 bits per heavy atom. The van der Waals surface area contributed by atoms with E-state index < -0.39 is 16.1 Å². The summed E-state index contributed by atoms with van der Waals surface area (Å²) in [5.74, 6) is 1.02. The van der Waals surface area contributed by atoms with E-state index in [2.05, 4.69) is 5.10 Å². The molecule has 0 aliphatic carbocycles. The first kappa shape index (κ1) is 17.2. The van der Waals surface area contributed by atoms with Crippen LogP contribution in [0.3, 0.4) is 0 Å². The van der Waals surface area contributed by atoms with E-state index in [9.17, 15) is 8.42 Å². The van der Waals surface area contributed by atoms with E-state index in [1.54, 1.807) is 17.8 Å². The molecule has 0 radical (unpaired) electrons. The molecule has 0 N–H and O–H groups in total. The summed E-state index contributed by atoms with van der Waals surface area (Å²) >= 11 is 0. The largest absolute Gasteiger partial charge is 0.477 e. The molecule has 0 aromatic carbocycles. The van der Waals surface area contributed by atoms with Crippen molar-refractivity contribution < 1.29 is 22.6 Å². The van der Waals surface area contributed by atoms with Gasteiger partial charge < -0.3 is 14.2 Å². The summed E-state index contributed by atoms with van der Waals surface area (Å²) < 4.78 is 41.7. The third-order valence-electron chi connectivity index (χ3n) is 3.31. The molecule has 1 aliphatic rings. The number of aromatic nitrogens is 2. The summed E-state index contributed by atoms with van der Waals surface area (Å²) in [6, 6.07) is 0. The number of aryl methyl sites for hydroxylation is 1. The van der Waals surface area contributed by atoms with Crippen LogP contribution in [0.1, 0.15) is 39.5 Å². The van der Waals surface area contributed by atoms with E-state index in [1.807, 2.05) is 20.8 Å². The number of hydrogen-bond acceptors (Lipinski definition) is 6. The highest BCUT2D eigenvalue weighted by atomic mass is 32.2. The van der Waals surface area contributed by atoms with Gasteiger partial charge >= 0.3 is 0 Å². The summed E-state index contributed by atoms with van der Waals surface area (Å²) in [5.41, 5.74) is 0.702. The van der Waals surface area contributed by atoms with Gasteiger partial charge in [0.05, 0.1) is 30.7 Å². The molecule has 7 nitrogen and oxygen atoms in total. The maximum Gasteiger partial charge on any atom is 0.220 e. The van der Waals surface area contributed by atoms with Gasteiger partial charge in [0.15, 0.2) is 22.4 Å². The lowest BCUT2D eigenvalue weighted by atomic mass is 10.2. The van der Waals surface area contributed by atoms with Crippen LogP contribution in [0.2, 0.25) is 0 Å². The number of hydrogen-bond donors (Lipinski definition) is 0. The van der Waals surface area contributed by atoms with Crippen LogP contribution in [0.25, 0.3) is 0 Å². The number of nitrogens with zero attached hydrogens (tertiary/aromatic N) is 2. The third kappa shape index (κ3) is 4.21. The Morgan fingerprint density at radius 2 is 2.09 bits per heavy atom. The van der Waals surface area contributed by atoms with E-state index in [0.717, 1.165) is 0 Å². The maximum atomic E-state index is 11.7. The van der Waals surface area contributed by atoms with Crippen LogP contribution in [0.15, 0.2) is 6.20 Å². The Balaban J connectivity index is 2.14. The maximum absolute atomic E-state index is 11.7. The fourth-order valence-electron chi connectivity index (χ4n) is 1.99. The van der Waals surface area contributed by atoms with Crippen molar-refractivity contribution in [2.45, 2.75) is 46.8 Å². The molecule has 22 heavy (non-hydrogen) atoms. The molecule has 2 rings (SSSR count). The average molecular weight is 332 g/mol. The van der Waals surface area contributed by atoms with Gasteiger partial charge in [-0.3, -0.25) is 0 Å². The van der Waals surface area contributed by atoms with Crippen LogP contribution in [0, 0.1) is 5.92 Å². The molecule has 0 amide bonds. The number of sulfone groups is 1. The summed E-state index contributed by atoms with van der Waals surface area (Å²) in [4.78, 5) is 0. The van der Waals surface area contributed by atoms with Gasteiger partial charge in [-0.05, 0) is 12.8 Å². The molecule has 0 atom stereocenters. The molecule has 2 heterocycles. The molecule has 0 saturated carbocycles. The van der Waals surface area contributed by atoms with Crippen LogP contribution < -0.4 is 4.74 Å². The van der Waals surface area contributed by atoms with Crippen molar-refractivity contribution >= 4 is 9.84 Å². The second-order valence-corrected chi connectivity index (χ2v) is 8.21. The minimum absolute atomic E-state index is 0.0332. The molecular formula is C14H24N2O5S. The molecule has 0 unspecified atom stereocenters. The van der Waals surface area contributed by atoms with Crippen molar-refractivity contribution in [3.8, 4) is 5.88 Å². The van der Waals surface area contributed by atoms with Crippen LogP contribution in [0.5, 0.6) is 5.88 Å². The topological polar surface area (TPSA) is 79.7 Å². The van der Waals surface area contributed by atoms with Gasteiger partial charge in [-0.1, -0.05) is 20.8 Å². The van der Waals surface area contributed by atoms with E-state index in [-0.39, 0.29) is 24.3 Å².